The maximum absolute atomic E-state index is 12.8. The summed E-state index contributed by atoms with van der Waals surface area (Å²) in [5.74, 6) is 0.897. The number of carbonyl (C=O) groups is 2. The van der Waals surface area contributed by atoms with E-state index in [1.165, 1.54) is 5.56 Å². The van der Waals surface area contributed by atoms with Crippen LogP contribution >= 0.6 is 0 Å². The Morgan fingerprint density at radius 1 is 1.22 bits per heavy atom. The van der Waals surface area contributed by atoms with Crippen molar-refractivity contribution in [2.75, 3.05) is 5.32 Å². The number of fused-ring (bicyclic) bond motifs is 2. The molecular weight excluding hydrogens is 286 g/mol. The maximum Gasteiger partial charge on any atom is 0.224 e. The minimum Gasteiger partial charge on any atom is -0.326 e. The minimum absolute atomic E-state index is 0.00684. The lowest BCUT2D eigenvalue weighted by molar-refractivity contribution is -0.132. The molecule has 124 valence electrons. The Bertz CT molecular complexity index is 632. The molecule has 1 amide bonds. The van der Waals surface area contributed by atoms with Gasteiger partial charge >= 0.3 is 0 Å². The molecule has 0 spiro atoms. The quantitative estimate of drug-likeness (QED) is 0.898. The van der Waals surface area contributed by atoms with Gasteiger partial charge in [-0.2, -0.15) is 0 Å². The minimum atomic E-state index is -0.185. The Labute approximate surface area is 138 Å². The number of anilines is 1. The van der Waals surface area contributed by atoms with Gasteiger partial charge in [0.2, 0.25) is 5.91 Å². The van der Waals surface area contributed by atoms with Gasteiger partial charge in [0.25, 0.3) is 0 Å². The van der Waals surface area contributed by atoms with Crippen molar-refractivity contribution in [3.05, 3.63) is 29.8 Å². The van der Waals surface area contributed by atoms with E-state index >= 15 is 0 Å². The normalized spacial score (nSPS) is 31.4. The molecule has 0 saturated heterocycles. The van der Waals surface area contributed by atoms with E-state index in [0.29, 0.717) is 24.5 Å². The van der Waals surface area contributed by atoms with Crippen LogP contribution < -0.4 is 5.32 Å². The largest absolute Gasteiger partial charge is 0.326 e. The van der Waals surface area contributed by atoms with E-state index in [0.717, 1.165) is 18.5 Å². The summed E-state index contributed by atoms with van der Waals surface area (Å²) in [6.45, 7) is 8.61. The van der Waals surface area contributed by atoms with Crippen LogP contribution in [0.15, 0.2) is 24.3 Å². The molecule has 3 rings (SSSR count). The Kier molecular flexibility index (Phi) is 3.86. The van der Waals surface area contributed by atoms with Crippen LogP contribution in [0.1, 0.15) is 52.0 Å². The number of ketones is 1. The molecule has 1 N–H and O–H groups in total. The molecule has 2 saturated carbocycles. The summed E-state index contributed by atoms with van der Waals surface area (Å²) in [5, 5.41) is 2.93. The van der Waals surface area contributed by atoms with Gasteiger partial charge in [-0.3, -0.25) is 9.59 Å². The fourth-order valence-corrected chi connectivity index (χ4v) is 4.75. The van der Waals surface area contributed by atoms with Crippen molar-refractivity contribution in [3.8, 4) is 0 Å². The molecule has 2 aliphatic rings. The molecule has 1 aromatic carbocycles. The smallest absolute Gasteiger partial charge is 0.224 e. The number of carbonyl (C=O) groups excluding carboxylic acids is 2. The highest BCUT2D eigenvalue weighted by Crippen LogP contribution is 2.66. The first-order valence-corrected chi connectivity index (χ1v) is 8.66. The lowest BCUT2D eigenvalue weighted by atomic mass is 9.70. The first-order chi connectivity index (χ1) is 10.8. The second-order valence-corrected chi connectivity index (χ2v) is 8.12. The van der Waals surface area contributed by atoms with Gasteiger partial charge in [0, 0.05) is 23.4 Å². The summed E-state index contributed by atoms with van der Waals surface area (Å²) >= 11 is 0. The van der Waals surface area contributed by atoms with Crippen LogP contribution in [-0.2, 0) is 9.59 Å². The van der Waals surface area contributed by atoms with E-state index in [4.69, 9.17) is 0 Å². The number of nitrogens with one attached hydrogen (secondary N) is 1. The molecule has 3 atom stereocenters. The topological polar surface area (TPSA) is 46.2 Å². The van der Waals surface area contributed by atoms with Crippen LogP contribution in [0.25, 0.3) is 0 Å². The summed E-state index contributed by atoms with van der Waals surface area (Å²) in [6, 6.07) is 7.80. The molecule has 3 unspecified atom stereocenters. The molecule has 2 bridgehead atoms. The van der Waals surface area contributed by atoms with Gasteiger partial charge in [-0.15, -0.1) is 0 Å². The molecule has 0 aliphatic heterocycles. The van der Waals surface area contributed by atoms with Crippen molar-refractivity contribution in [1.29, 1.82) is 0 Å². The number of amides is 1. The van der Waals surface area contributed by atoms with E-state index < -0.39 is 0 Å². The highest BCUT2D eigenvalue weighted by atomic mass is 16.1. The van der Waals surface area contributed by atoms with Crippen LogP contribution in [0.3, 0.4) is 0 Å². The van der Waals surface area contributed by atoms with Crippen molar-refractivity contribution in [3.63, 3.8) is 0 Å². The highest BCUT2D eigenvalue weighted by molar-refractivity contribution is 5.93. The van der Waals surface area contributed by atoms with Gasteiger partial charge < -0.3 is 5.32 Å². The molecule has 3 heteroatoms. The Balaban J connectivity index is 1.60. The van der Waals surface area contributed by atoms with Gasteiger partial charge in [-0.25, -0.2) is 0 Å². The second-order valence-electron chi connectivity index (χ2n) is 8.12. The van der Waals surface area contributed by atoms with E-state index in [1.54, 1.807) is 0 Å². The predicted octanol–water partition coefficient (Wildman–Crippen LogP) is 4.36. The van der Waals surface area contributed by atoms with Crippen LogP contribution in [0.2, 0.25) is 0 Å². The molecule has 2 fully saturated rings. The number of Topliss-reactive ketones (excluding diaryl/α,β-unsaturated/α-hetero) is 1. The SMILES string of the molecule is Cc1ccc(NC(=O)CCC2C(=O)C3(C)CCC2C3(C)C)cc1. The van der Waals surface area contributed by atoms with Gasteiger partial charge in [0.05, 0.1) is 0 Å². The molecule has 0 radical (unpaired) electrons. The van der Waals surface area contributed by atoms with Crippen molar-refractivity contribution in [1.82, 2.24) is 0 Å². The molecule has 2 aliphatic carbocycles. The number of hydrogen-bond donors (Lipinski definition) is 1. The number of aryl methyl sites for hydroxylation is 1. The van der Waals surface area contributed by atoms with Gasteiger partial charge in [0.1, 0.15) is 5.78 Å². The molecule has 0 aromatic heterocycles. The average Bonchev–Trinajstić information content (AvgIpc) is 2.80. The number of rotatable bonds is 4. The zero-order chi connectivity index (χ0) is 16.8. The van der Waals surface area contributed by atoms with Crippen molar-refractivity contribution in [2.24, 2.45) is 22.7 Å². The van der Waals surface area contributed by atoms with Gasteiger partial charge in [-0.05, 0) is 49.7 Å². The van der Waals surface area contributed by atoms with Crippen LogP contribution in [0.4, 0.5) is 5.69 Å². The van der Waals surface area contributed by atoms with Gasteiger partial charge in [-0.1, -0.05) is 38.5 Å². The third-order valence-corrected chi connectivity index (χ3v) is 6.69. The van der Waals surface area contributed by atoms with E-state index in [1.807, 2.05) is 31.2 Å². The second kappa shape index (κ2) is 5.47. The lowest BCUT2D eigenvalue weighted by Gasteiger charge is -2.32. The lowest BCUT2D eigenvalue weighted by Crippen LogP contribution is -2.33. The first-order valence-electron chi connectivity index (χ1n) is 8.66. The van der Waals surface area contributed by atoms with E-state index in [2.05, 4.69) is 26.1 Å². The predicted molar refractivity (Wildman–Crippen MR) is 92.2 cm³/mol. The highest BCUT2D eigenvalue weighted by Gasteiger charge is 2.65. The van der Waals surface area contributed by atoms with E-state index in [9.17, 15) is 9.59 Å². The third kappa shape index (κ3) is 2.50. The zero-order valence-corrected chi connectivity index (χ0v) is 14.6. The fraction of sp³-hybridized carbons (Fsp3) is 0.600. The van der Waals surface area contributed by atoms with Gasteiger partial charge in [0.15, 0.2) is 0 Å². The van der Waals surface area contributed by atoms with Crippen LogP contribution in [-0.4, -0.2) is 11.7 Å². The molecule has 0 heterocycles. The molecule has 23 heavy (non-hydrogen) atoms. The number of hydrogen-bond acceptors (Lipinski definition) is 2. The fourth-order valence-electron chi connectivity index (χ4n) is 4.75. The van der Waals surface area contributed by atoms with Crippen molar-refractivity contribution in [2.45, 2.75) is 53.4 Å². The Morgan fingerprint density at radius 3 is 2.43 bits per heavy atom. The monoisotopic (exact) mass is 313 g/mol. The first kappa shape index (κ1) is 16.2. The summed E-state index contributed by atoms with van der Waals surface area (Å²) in [5.41, 5.74) is 1.89. The Hall–Kier alpha value is -1.64. The third-order valence-electron chi connectivity index (χ3n) is 6.69. The van der Waals surface area contributed by atoms with Crippen LogP contribution in [0.5, 0.6) is 0 Å². The summed E-state index contributed by atoms with van der Waals surface area (Å²) in [7, 11) is 0. The standard InChI is InChI=1S/C20H27NO2/c1-13-5-7-14(8-6-13)21-17(22)10-9-15-16-11-12-20(4,18(15)23)19(16,2)3/h5-8,15-16H,9-12H2,1-4H3,(H,21,22). The zero-order valence-electron chi connectivity index (χ0n) is 14.6. The summed E-state index contributed by atoms with van der Waals surface area (Å²) < 4.78 is 0. The average molecular weight is 313 g/mol. The maximum atomic E-state index is 12.8. The molecular formula is C20H27NO2. The van der Waals surface area contributed by atoms with Crippen molar-refractivity contribution < 1.29 is 9.59 Å². The van der Waals surface area contributed by atoms with Crippen LogP contribution in [0, 0.1) is 29.6 Å². The Morgan fingerprint density at radius 2 is 1.87 bits per heavy atom. The number of benzene rings is 1. The van der Waals surface area contributed by atoms with E-state index in [-0.39, 0.29) is 22.7 Å². The molecule has 1 aromatic rings. The molecule has 3 nitrogen and oxygen atoms in total. The summed E-state index contributed by atoms with van der Waals surface area (Å²) in [4.78, 5) is 25.0. The van der Waals surface area contributed by atoms with Crippen molar-refractivity contribution >= 4 is 17.4 Å². The summed E-state index contributed by atoms with van der Waals surface area (Å²) in [6.07, 6.45) is 3.24.